The van der Waals surface area contributed by atoms with Gasteiger partial charge in [0.25, 0.3) is 0 Å². The summed E-state index contributed by atoms with van der Waals surface area (Å²) < 4.78 is 0. The first-order chi connectivity index (χ1) is 8.56. The number of hydrogen-bond donors (Lipinski definition) is 1. The molecule has 100 valence electrons. The maximum absolute atomic E-state index is 6.18. The van der Waals surface area contributed by atoms with E-state index in [9.17, 15) is 0 Å². The highest BCUT2D eigenvalue weighted by atomic mass is 35.5. The molecule has 3 atom stereocenters. The molecule has 3 unspecified atom stereocenters. The normalized spacial score (nSPS) is 28.3. The fourth-order valence-electron chi connectivity index (χ4n) is 2.87. The molecule has 0 radical (unpaired) electrons. The molecule has 1 fully saturated rings. The van der Waals surface area contributed by atoms with E-state index in [4.69, 9.17) is 23.2 Å². The third-order valence-corrected chi connectivity index (χ3v) is 4.59. The maximum atomic E-state index is 6.18. The maximum Gasteiger partial charge on any atom is 0.0465 e. The molecule has 1 aliphatic rings. The van der Waals surface area contributed by atoms with Gasteiger partial charge in [-0.25, -0.2) is 0 Å². The van der Waals surface area contributed by atoms with Gasteiger partial charge in [-0.3, -0.25) is 0 Å². The van der Waals surface area contributed by atoms with E-state index in [-0.39, 0.29) is 0 Å². The van der Waals surface area contributed by atoms with Crippen LogP contribution in [0.25, 0.3) is 0 Å². The van der Waals surface area contributed by atoms with Gasteiger partial charge in [-0.2, -0.15) is 0 Å². The van der Waals surface area contributed by atoms with Crippen molar-refractivity contribution in [3.63, 3.8) is 0 Å². The van der Waals surface area contributed by atoms with Gasteiger partial charge in [0.1, 0.15) is 0 Å². The Morgan fingerprint density at radius 2 is 2.00 bits per heavy atom. The average Bonchev–Trinajstić information content (AvgIpc) is 2.30. The van der Waals surface area contributed by atoms with Gasteiger partial charge >= 0.3 is 0 Å². The fourth-order valence-corrected chi connectivity index (χ4v) is 3.35. The van der Waals surface area contributed by atoms with Crippen molar-refractivity contribution in [1.29, 1.82) is 0 Å². The van der Waals surface area contributed by atoms with Crippen LogP contribution in [0.4, 0.5) is 0 Å². The summed E-state index contributed by atoms with van der Waals surface area (Å²) in [7, 11) is 0. The molecule has 0 saturated heterocycles. The lowest BCUT2D eigenvalue weighted by Gasteiger charge is -2.33. The molecule has 2 rings (SSSR count). The van der Waals surface area contributed by atoms with Gasteiger partial charge in [0.15, 0.2) is 0 Å². The quantitative estimate of drug-likeness (QED) is 0.832. The lowest BCUT2D eigenvalue weighted by molar-refractivity contribution is 0.227. The minimum absolute atomic E-state index is 0.618. The summed E-state index contributed by atoms with van der Waals surface area (Å²) in [5.41, 5.74) is 1.13. The Balaban J connectivity index is 1.91. The van der Waals surface area contributed by atoms with Crippen molar-refractivity contribution in [3.05, 3.63) is 33.8 Å². The van der Waals surface area contributed by atoms with Crippen LogP contribution in [-0.4, -0.2) is 6.04 Å². The first-order valence-corrected chi connectivity index (χ1v) is 7.49. The summed E-state index contributed by atoms with van der Waals surface area (Å²) in [5, 5.41) is 5.10. The molecule has 1 aliphatic carbocycles. The number of hydrogen-bond acceptors (Lipinski definition) is 1. The molecule has 1 nitrogen and oxygen atoms in total. The second-order valence-electron chi connectivity index (χ2n) is 5.62. The highest BCUT2D eigenvalue weighted by Gasteiger charge is 2.24. The molecule has 1 N–H and O–H groups in total. The smallest absolute Gasteiger partial charge is 0.0465 e. The molecule has 0 spiro atoms. The van der Waals surface area contributed by atoms with Crippen LogP contribution in [0.2, 0.25) is 10.0 Å². The zero-order chi connectivity index (χ0) is 13.1. The second kappa shape index (κ2) is 6.27. The van der Waals surface area contributed by atoms with Gasteiger partial charge in [0.2, 0.25) is 0 Å². The molecule has 0 heterocycles. The summed E-state index contributed by atoms with van der Waals surface area (Å²) in [6.07, 6.45) is 3.93. The van der Waals surface area contributed by atoms with Crippen LogP contribution in [0.15, 0.2) is 18.2 Å². The van der Waals surface area contributed by atoms with Crippen molar-refractivity contribution in [2.24, 2.45) is 11.8 Å². The number of halogens is 2. The largest absolute Gasteiger partial charge is 0.310 e. The van der Waals surface area contributed by atoms with Crippen molar-refractivity contribution in [2.45, 2.75) is 45.7 Å². The Morgan fingerprint density at radius 1 is 1.22 bits per heavy atom. The Bertz CT molecular complexity index is 405. The Kier molecular flexibility index (Phi) is 4.94. The molecule has 18 heavy (non-hydrogen) atoms. The van der Waals surface area contributed by atoms with Crippen molar-refractivity contribution in [1.82, 2.24) is 5.32 Å². The van der Waals surface area contributed by atoms with Gasteiger partial charge in [-0.05, 0) is 48.8 Å². The summed E-state index contributed by atoms with van der Waals surface area (Å²) in [4.78, 5) is 0. The molecule has 3 heteroatoms. The molecule has 1 saturated carbocycles. The van der Waals surface area contributed by atoms with E-state index in [1.54, 1.807) is 0 Å². The van der Waals surface area contributed by atoms with Gasteiger partial charge < -0.3 is 5.32 Å². The molecular weight excluding hydrogens is 265 g/mol. The molecule has 0 bridgehead atoms. The highest BCUT2D eigenvalue weighted by Crippen LogP contribution is 2.29. The van der Waals surface area contributed by atoms with E-state index in [0.29, 0.717) is 11.1 Å². The lowest BCUT2D eigenvalue weighted by Crippen LogP contribution is -2.38. The lowest BCUT2D eigenvalue weighted by atomic mass is 9.80. The highest BCUT2D eigenvalue weighted by molar-refractivity contribution is 6.35. The average molecular weight is 286 g/mol. The molecular formula is C15H21Cl2N. The standard InChI is InChI=1S/C15H21Cl2N/c1-10-3-6-15(11(2)7-10)18-9-12-4-5-13(16)8-14(12)17/h4-5,8,10-11,15,18H,3,6-7,9H2,1-2H3. The number of rotatable bonds is 3. The summed E-state index contributed by atoms with van der Waals surface area (Å²) >= 11 is 12.1. The zero-order valence-electron chi connectivity index (χ0n) is 11.0. The van der Waals surface area contributed by atoms with E-state index in [2.05, 4.69) is 19.2 Å². The van der Waals surface area contributed by atoms with Gasteiger partial charge in [0, 0.05) is 22.6 Å². The molecule has 1 aromatic rings. The van der Waals surface area contributed by atoms with Crippen LogP contribution in [0.5, 0.6) is 0 Å². The number of benzene rings is 1. The van der Waals surface area contributed by atoms with Crippen molar-refractivity contribution in [3.8, 4) is 0 Å². The predicted octanol–water partition coefficient (Wildman–Crippen LogP) is 4.91. The van der Waals surface area contributed by atoms with Crippen LogP contribution >= 0.6 is 23.2 Å². The van der Waals surface area contributed by atoms with Crippen molar-refractivity contribution in [2.75, 3.05) is 0 Å². The summed E-state index contributed by atoms with van der Waals surface area (Å²) in [6.45, 7) is 5.53. The monoisotopic (exact) mass is 285 g/mol. The van der Waals surface area contributed by atoms with E-state index in [0.717, 1.165) is 29.0 Å². The van der Waals surface area contributed by atoms with Crippen molar-refractivity contribution >= 4 is 23.2 Å². The molecule has 1 aromatic carbocycles. The van der Waals surface area contributed by atoms with Crippen LogP contribution in [0.1, 0.15) is 38.7 Å². The summed E-state index contributed by atoms with van der Waals surface area (Å²) in [6, 6.07) is 6.34. The Labute approximate surface area is 120 Å². The van der Waals surface area contributed by atoms with E-state index in [1.165, 1.54) is 19.3 Å². The van der Waals surface area contributed by atoms with E-state index in [1.807, 2.05) is 18.2 Å². The van der Waals surface area contributed by atoms with E-state index < -0.39 is 0 Å². The van der Waals surface area contributed by atoms with Crippen LogP contribution in [-0.2, 0) is 6.54 Å². The van der Waals surface area contributed by atoms with Crippen LogP contribution in [0.3, 0.4) is 0 Å². The Hall–Kier alpha value is -0.240. The van der Waals surface area contributed by atoms with E-state index >= 15 is 0 Å². The molecule has 0 aliphatic heterocycles. The molecule has 0 aromatic heterocycles. The predicted molar refractivity (Wildman–Crippen MR) is 79.3 cm³/mol. The third-order valence-electron chi connectivity index (χ3n) is 4.00. The first kappa shape index (κ1) is 14.2. The van der Waals surface area contributed by atoms with Crippen molar-refractivity contribution < 1.29 is 0 Å². The summed E-state index contributed by atoms with van der Waals surface area (Å²) in [5.74, 6) is 1.62. The zero-order valence-corrected chi connectivity index (χ0v) is 12.6. The topological polar surface area (TPSA) is 12.0 Å². The van der Waals surface area contributed by atoms with Crippen LogP contribution in [0, 0.1) is 11.8 Å². The minimum atomic E-state index is 0.618. The SMILES string of the molecule is CC1CCC(NCc2ccc(Cl)cc2Cl)C(C)C1. The van der Waals surface area contributed by atoms with Gasteiger partial charge in [-0.1, -0.05) is 43.1 Å². The molecule has 0 amide bonds. The second-order valence-corrected chi connectivity index (χ2v) is 6.46. The third kappa shape index (κ3) is 3.63. The fraction of sp³-hybridized carbons (Fsp3) is 0.600. The van der Waals surface area contributed by atoms with Gasteiger partial charge in [0.05, 0.1) is 0 Å². The first-order valence-electron chi connectivity index (χ1n) is 6.73. The minimum Gasteiger partial charge on any atom is -0.310 e. The van der Waals surface area contributed by atoms with Gasteiger partial charge in [-0.15, -0.1) is 0 Å². The van der Waals surface area contributed by atoms with Crippen LogP contribution < -0.4 is 5.32 Å². The Morgan fingerprint density at radius 3 is 2.67 bits per heavy atom. The number of nitrogens with one attached hydrogen (secondary N) is 1.